The highest BCUT2D eigenvalue weighted by Gasteiger charge is 2.30. The SMILES string of the molecule is CCCC(C=O)NC(=O)C(CC)NC(=O)N(CC(N)=NC)C(=O)C(C)Cc1cc(CC)ccc1OC. The maximum Gasteiger partial charge on any atom is 0.325 e. The molecule has 0 fully saturated rings. The molecule has 0 saturated heterocycles. The normalized spacial score (nSPS) is 13.8. The van der Waals surface area contributed by atoms with E-state index in [2.05, 4.69) is 15.6 Å². The second-order valence-corrected chi connectivity index (χ2v) is 8.69. The number of nitrogens with zero attached hydrogens (tertiary/aromatic N) is 2. The summed E-state index contributed by atoms with van der Waals surface area (Å²) in [6, 6.07) is 3.51. The number of methoxy groups -OCH3 is 1. The number of imide groups is 1. The first-order chi connectivity index (χ1) is 17.1. The summed E-state index contributed by atoms with van der Waals surface area (Å²) in [5.74, 6) is -0.779. The predicted molar refractivity (Wildman–Crippen MR) is 140 cm³/mol. The van der Waals surface area contributed by atoms with Crippen molar-refractivity contribution in [1.29, 1.82) is 0 Å². The van der Waals surface area contributed by atoms with Crippen molar-refractivity contribution in [2.24, 2.45) is 16.6 Å². The summed E-state index contributed by atoms with van der Waals surface area (Å²) in [5, 5.41) is 5.25. The number of amides is 4. The zero-order chi connectivity index (χ0) is 27.3. The van der Waals surface area contributed by atoms with Gasteiger partial charge in [-0.2, -0.15) is 0 Å². The molecular weight excluding hydrogens is 462 g/mol. The van der Waals surface area contributed by atoms with Crippen molar-refractivity contribution in [3.05, 3.63) is 29.3 Å². The van der Waals surface area contributed by atoms with Crippen molar-refractivity contribution in [2.75, 3.05) is 20.7 Å². The van der Waals surface area contributed by atoms with E-state index in [-0.39, 0.29) is 18.8 Å². The standard InChI is InChI=1S/C26H41N5O5/c1-7-10-20(16-32)29-24(33)21(9-3)30-26(35)31(15-23(27)28-5)25(34)17(4)13-19-14-18(8-2)11-12-22(19)36-6/h11-12,14,16-17,20-21H,7-10,13,15H2,1-6H3,(H2,27,28)(H,29,33)(H,30,35). The largest absolute Gasteiger partial charge is 0.496 e. The minimum Gasteiger partial charge on any atom is -0.496 e. The molecule has 3 unspecified atom stereocenters. The Morgan fingerprint density at radius 3 is 2.42 bits per heavy atom. The molecule has 36 heavy (non-hydrogen) atoms. The van der Waals surface area contributed by atoms with Crippen LogP contribution in [0.5, 0.6) is 5.75 Å². The summed E-state index contributed by atoms with van der Waals surface area (Å²) in [6.07, 6.45) is 3.33. The van der Waals surface area contributed by atoms with E-state index in [1.54, 1.807) is 21.0 Å². The number of rotatable bonds is 14. The highest BCUT2D eigenvalue weighted by Crippen LogP contribution is 2.24. The van der Waals surface area contributed by atoms with Gasteiger partial charge in [0.25, 0.3) is 0 Å². The van der Waals surface area contributed by atoms with Crippen LogP contribution in [-0.2, 0) is 27.2 Å². The molecule has 0 bridgehead atoms. The molecule has 0 heterocycles. The first kappa shape index (κ1) is 30.6. The molecule has 3 atom stereocenters. The fraction of sp³-hybridized carbons (Fsp3) is 0.577. The minimum atomic E-state index is -0.927. The number of amidine groups is 1. The first-order valence-corrected chi connectivity index (χ1v) is 12.4. The van der Waals surface area contributed by atoms with Crippen LogP contribution < -0.4 is 21.1 Å². The lowest BCUT2D eigenvalue weighted by molar-refractivity contribution is -0.132. The smallest absolute Gasteiger partial charge is 0.325 e. The molecule has 0 saturated carbocycles. The van der Waals surface area contributed by atoms with Crippen LogP contribution in [-0.4, -0.2) is 67.7 Å². The van der Waals surface area contributed by atoms with Gasteiger partial charge < -0.3 is 25.9 Å². The molecule has 0 aliphatic carbocycles. The molecule has 1 aromatic rings. The number of benzene rings is 1. The lowest BCUT2D eigenvalue weighted by Crippen LogP contribution is -2.56. The number of hydrogen-bond donors (Lipinski definition) is 3. The van der Waals surface area contributed by atoms with Gasteiger partial charge in [0.2, 0.25) is 11.8 Å². The lowest BCUT2D eigenvalue weighted by Gasteiger charge is -2.27. The number of urea groups is 1. The quantitative estimate of drug-likeness (QED) is 0.202. The number of ether oxygens (including phenoxy) is 1. The minimum absolute atomic E-state index is 0.0951. The average molecular weight is 504 g/mol. The Balaban J connectivity index is 3.10. The number of aliphatic imine (C=N–C) groups is 1. The summed E-state index contributed by atoms with van der Waals surface area (Å²) in [7, 11) is 3.04. The van der Waals surface area contributed by atoms with Crippen molar-refractivity contribution >= 4 is 30.0 Å². The van der Waals surface area contributed by atoms with Crippen molar-refractivity contribution in [2.45, 2.75) is 71.9 Å². The van der Waals surface area contributed by atoms with Gasteiger partial charge >= 0.3 is 6.03 Å². The molecule has 10 nitrogen and oxygen atoms in total. The number of hydrogen-bond acceptors (Lipinski definition) is 6. The molecule has 1 rings (SSSR count). The molecule has 200 valence electrons. The number of nitrogens with one attached hydrogen (secondary N) is 2. The average Bonchev–Trinajstić information content (AvgIpc) is 2.88. The Labute approximate surface area is 214 Å². The van der Waals surface area contributed by atoms with Crippen LogP contribution in [0, 0.1) is 5.92 Å². The Kier molecular flexibility index (Phi) is 13.2. The summed E-state index contributed by atoms with van der Waals surface area (Å²) >= 11 is 0. The van der Waals surface area contributed by atoms with Crippen LogP contribution in [0.4, 0.5) is 4.79 Å². The van der Waals surface area contributed by atoms with Crippen molar-refractivity contribution < 1.29 is 23.9 Å². The Hall–Kier alpha value is -3.43. The van der Waals surface area contributed by atoms with Crippen LogP contribution in [0.2, 0.25) is 0 Å². The predicted octanol–water partition coefficient (Wildman–Crippen LogP) is 2.22. The van der Waals surface area contributed by atoms with Crippen molar-refractivity contribution in [3.8, 4) is 5.75 Å². The Morgan fingerprint density at radius 2 is 1.89 bits per heavy atom. The monoisotopic (exact) mass is 503 g/mol. The Bertz CT molecular complexity index is 933. The second-order valence-electron chi connectivity index (χ2n) is 8.69. The maximum absolute atomic E-state index is 13.4. The number of carbonyl (C=O) groups excluding carboxylic acids is 4. The summed E-state index contributed by atoms with van der Waals surface area (Å²) in [5.41, 5.74) is 7.83. The van der Waals surface area contributed by atoms with Crippen LogP contribution in [0.1, 0.15) is 58.1 Å². The van der Waals surface area contributed by atoms with E-state index in [1.165, 1.54) is 7.05 Å². The molecule has 0 aliphatic rings. The van der Waals surface area contributed by atoms with Gasteiger partial charge in [-0.3, -0.25) is 19.5 Å². The molecule has 4 amide bonds. The molecule has 0 radical (unpaired) electrons. The number of nitrogens with two attached hydrogens (primary N) is 1. The fourth-order valence-corrected chi connectivity index (χ4v) is 3.73. The van der Waals surface area contributed by atoms with Gasteiger partial charge in [0.05, 0.1) is 19.7 Å². The highest BCUT2D eigenvalue weighted by molar-refractivity contribution is 6.01. The third kappa shape index (κ3) is 8.98. The van der Waals surface area contributed by atoms with Gasteiger partial charge in [-0.05, 0) is 42.9 Å². The summed E-state index contributed by atoms with van der Waals surface area (Å²) < 4.78 is 5.45. The van der Waals surface area contributed by atoms with E-state index in [0.29, 0.717) is 31.3 Å². The van der Waals surface area contributed by atoms with E-state index < -0.39 is 35.8 Å². The number of aldehydes is 1. The third-order valence-electron chi connectivity index (χ3n) is 5.93. The van der Waals surface area contributed by atoms with Gasteiger partial charge in [-0.25, -0.2) is 4.79 Å². The number of aryl methyl sites for hydroxylation is 1. The van der Waals surface area contributed by atoms with Gasteiger partial charge in [0.1, 0.15) is 23.9 Å². The molecule has 0 aromatic heterocycles. The van der Waals surface area contributed by atoms with E-state index in [0.717, 1.165) is 22.4 Å². The fourth-order valence-electron chi connectivity index (χ4n) is 3.73. The van der Waals surface area contributed by atoms with Gasteiger partial charge in [0, 0.05) is 13.0 Å². The van der Waals surface area contributed by atoms with Gasteiger partial charge in [-0.1, -0.05) is 46.2 Å². The zero-order valence-corrected chi connectivity index (χ0v) is 22.3. The number of carbonyl (C=O) groups is 4. The zero-order valence-electron chi connectivity index (χ0n) is 22.3. The third-order valence-corrected chi connectivity index (χ3v) is 5.93. The second kappa shape index (κ2) is 15.5. The maximum atomic E-state index is 13.4. The molecule has 10 heteroatoms. The van der Waals surface area contributed by atoms with Gasteiger partial charge in [-0.15, -0.1) is 0 Å². The lowest BCUT2D eigenvalue weighted by atomic mass is 9.96. The summed E-state index contributed by atoms with van der Waals surface area (Å²) in [6.45, 7) is 7.18. The van der Waals surface area contributed by atoms with E-state index in [9.17, 15) is 19.2 Å². The molecule has 1 aromatic carbocycles. The molecule has 0 spiro atoms. The van der Waals surface area contributed by atoms with Crippen LogP contribution in [0.25, 0.3) is 0 Å². The van der Waals surface area contributed by atoms with E-state index in [1.807, 2.05) is 32.0 Å². The van der Waals surface area contributed by atoms with E-state index >= 15 is 0 Å². The highest BCUT2D eigenvalue weighted by atomic mass is 16.5. The van der Waals surface area contributed by atoms with Crippen LogP contribution >= 0.6 is 0 Å². The Morgan fingerprint density at radius 1 is 1.19 bits per heavy atom. The molecule has 4 N–H and O–H groups in total. The van der Waals surface area contributed by atoms with Crippen molar-refractivity contribution in [3.63, 3.8) is 0 Å². The summed E-state index contributed by atoms with van der Waals surface area (Å²) in [4.78, 5) is 55.4. The first-order valence-electron chi connectivity index (χ1n) is 12.4. The van der Waals surface area contributed by atoms with E-state index in [4.69, 9.17) is 10.5 Å². The molecular formula is C26H41N5O5. The van der Waals surface area contributed by atoms with Gasteiger partial charge in [0.15, 0.2) is 0 Å². The molecule has 0 aliphatic heterocycles. The van der Waals surface area contributed by atoms with Crippen LogP contribution in [0.15, 0.2) is 23.2 Å². The van der Waals surface area contributed by atoms with Crippen LogP contribution in [0.3, 0.4) is 0 Å². The topological polar surface area (TPSA) is 143 Å². The van der Waals surface area contributed by atoms with Crippen molar-refractivity contribution in [1.82, 2.24) is 15.5 Å².